The van der Waals surface area contributed by atoms with Crippen LogP contribution in [0, 0.1) is 11.3 Å². The summed E-state index contributed by atoms with van der Waals surface area (Å²) in [5, 5.41) is 6.91. The van der Waals surface area contributed by atoms with Crippen LogP contribution in [0.4, 0.5) is 5.00 Å². The van der Waals surface area contributed by atoms with Crippen LogP contribution < -0.4 is 16.4 Å². The second kappa shape index (κ2) is 8.42. The van der Waals surface area contributed by atoms with Gasteiger partial charge in [0.1, 0.15) is 5.00 Å². The molecule has 0 aliphatic heterocycles. The van der Waals surface area contributed by atoms with Gasteiger partial charge in [0.25, 0.3) is 11.8 Å². The molecule has 4 N–H and O–H groups in total. The summed E-state index contributed by atoms with van der Waals surface area (Å²) >= 11 is 12.6. The van der Waals surface area contributed by atoms with Crippen molar-refractivity contribution in [2.75, 3.05) is 5.32 Å². The van der Waals surface area contributed by atoms with Crippen molar-refractivity contribution in [2.24, 2.45) is 17.1 Å². The van der Waals surface area contributed by atoms with Crippen molar-refractivity contribution in [3.05, 3.63) is 50.9 Å². The van der Waals surface area contributed by atoms with Crippen LogP contribution in [0.3, 0.4) is 0 Å². The van der Waals surface area contributed by atoms with Crippen LogP contribution in [0.25, 0.3) is 0 Å². The maximum atomic E-state index is 12.4. The Bertz CT molecular complexity index is 962. The van der Waals surface area contributed by atoms with Crippen molar-refractivity contribution in [1.82, 2.24) is 5.32 Å². The second-order valence-corrected chi connectivity index (χ2v) is 10.2. The summed E-state index contributed by atoms with van der Waals surface area (Å²) in [7, 11) is 0. The molecule has 0 saturated heterocycles. The van der Waals surface area contributed by atoms with E-state index < -0.39 is 5.91 Å². The zero-order chi connectivity index (χ0) is 21.3. The van der Waals surface area contributed by atoms with Gasteiger partial charge in [-0.1, -0.05) is 32.4 Å². The number of benzene rings is 1. The van der Waals surface area contributed by atoms with Gasteiger partial charge in [-0.25, -0.2) is 0 Å². The highest BCUT2D eigenvalue weighted by molar-refractivity contribution is 7.80. The molecule has 29 heavy (non-hydrogen) atoms. The Hall–Kier alpha value is -1.96. The zero-order valence-electron chi connectivity index (χ0n) is 16.6. The van der Waals surface area contributed by atoms with E-state index in [1.807, 2.05) is 0 Å². The molecule has 0 bridgehead atoms. The molecular weight excluding hydrogens is 426 g/mol. The fourth-order valence-electron chi connectivity index (χ4n) is 3.58. The van der Waals surface area contributed by atoms with E-state index in [4.69, 9.17) is 29.6 Å². The van der Waals surface area contributed by atoms with Crippen molar-refractivity contribution in [3.8, 4) is 0 Å². The number of hydrogen-bond acceptors (Lipinski definition) is 4. The van der Waals surface area contributed by atoms with Gasteiger partial charge < -0.3 is 11.1 Å². The number of hydrogen-bond donors (Lipinski definition) is 3. The normalized spacial score (nSPS) is 16.1. The quantitative estimate of drug-likeness (QED) is 0.589. The Morgan fingerprint density at radius 1 is 1.24 bits per heavy atom. The van der Waals surface area contributed by atoms with Crippen molar-refractivity contribution >= 4 is 57.1 Å². The Kier molecular flexibility index (Phi) is 6.31. The number of nitrogens with two attached hydrogens (primary N) is 1. The Morgan fingerprint density at radius 3 is 2.48 bits per heavy atom. The largest absolute Gasteiger partial charge is 0.365 e. The van der Waals surface area contributed by atoms with E-state index in [2.05, 4.69) is 31.4 Å². The van der Waals surface area contributed by atoms with E-state index in [0.717, 1.165) is 24.8 Å². The van der Waals surface area contributed by atoms with Crippen LogP contribution in [-0.4, -0.2) is 16.9 Å². The highest BCUT2D eigenvalue weighted by Gasteiger charge is 2.33. The third kappa shape index (κ3) is 4.97. The van der Waals surface area contributed by atoms with E-state index in [1.54, 1.807) is 24.3 Å². The molecule has 1 aromatic heterocycles. The predicted octanol–water partition coefficient (Wildman–Crippen LogP) is 4.78. The van der Waals surface area contributed by atoms with Gasteiger partial charge >= 0.3 is 0 Å². The van der Waals surface area contributed by atoms with Crippen molar-refractivity contribution in [3.63, 3.8) is 0 Å². The maximum absolute atomic E-state index is 12.4. The lowest BCUT2D eigenvalue weighted by molar-refractivity contribution is 0.0975. The predicted molar refractivity (Wildman–Crippen MR) is 123 cm³/mol. The van der Waals surface area contributed by atoms with E-state index in [1.165, 1.54) is 16.2 Å². The maximum Gasteiger partial charge on any atom is 0.257 e. The minimum Gasteiger partial charge on any atom is -0.365 e. The van der Waals surface area contributed by atoms with E-state index in [9.17, 15) is 9.59 Å². The molecule has 0 unspecified atom stereocenters. The lowest BCUT2D eigenvalue weighted by Gasteiger charge is -2.33. The van der Waals surface area contributed by atoms with Gasteiger partial charge in [-0.3, -0.25) is 14.9 Å². The van der Waals surface area contributed by atoms with Crippen molar-refractivity contribution in [2.45, 2.75) is 40.0 Å². The van der Waals surface area contributed by atoms with Gasteiger partial charge in [0.2, 0.25) is 0 Å². The summed E-state index contributed by atoms with van der Waals surface area (Å²) in [6, 6.07) is 6.51. The first kappa shape index (κ1) is 21.7. The van der Waals surface area contributed by atoms with Crippen LogP contribution in [-0.2, 0) is 12.8 Å². The third-order valence-corrected chi connectivity index (χ3v) is 6.92. The number of anilines is 1. The molecule has 0 saturated carbocycles. The van der Waals surface area contributed by atoms with Gasteiger partial charge in [0.05, 0.1) is 5.56 Å². The number of halogens is 1. The third-order valence-electron chi connectivity index (χ3n) is 5.30. The van der Waals surface area contributed by atoms with Gasteiger partial charge in [-0.2, -0.15) is 0 Å². The molecule has 5 nitrogen and oxygen atoms in total. The average molecular weight is 450 g/mol. The molecule has 0 fully saturated rings. The molecule has 1 aromatic carbocycles. The van der Waals surface area contributed by atoms with Crippen LogP contribution in [0.15, 0.2) is 24.3 Å². The number of nitrogens with one attached hydrogen (secondary N) is 2. The summed E-state index contributed by atoms with van der Waals surface area (Å²) < 4.78 is 0. The minimum absolute atomic E-state index is 0.124. The molecule has 0 radical (unpaired) electrons. The van der Waals surface area contributed by atoms with Gasteiger partial charge in [-0.05, 0) is 72.6 Å². The zero-order valence-corrected chi connectivity index (χ0v) is 19.0. The minimum atomic E-state index is -0.481. The Labute approximate surface area is 185 Å². The number of fused-ring (bicyclic) bond motifs is 1. The fraction of sp³-hybridized carbons (Fsp3) is 0.381. The number of carbonyl (C=O) groups is 2. The first-order chi connectivity index (χ1) is 13.6. The van der Waals surface area contributed by atoms with E-state index in [0.29, 0.717) is 27.1 Å². The standard InChI is InChI=1S/C21H24ClN3O2S2/c1-21(2,3)12-6-9-14-15(10-12)29-19(16(14)17(23)26)25-20(28)24-18(27)11-4-7-13(22)8-5-11/h4-5,7-8,12H,6,9-10H2,1-3H3,(H2,23,26)(H2,24,25,27,28)/t12-/m1/s1. The van der Waals surface area contributed by atoms with Crippen LogP contribution in [0.1, 0.15) is 58.3 Å². The van der Waals surface area contributed by atoms with Crippen molar-refractivity contribution < 1.29 is 9.59 Å². The summed E-state index contributed by atoms with van der Waals surface area (Å²) in [5.74, 6) is -0.293. The first-order valence-corrected chi connectivity index (χ1v) is 11.0. The highest BCUT2D eigenvalue weighted by Crippen LogP contribution is 2.44. The Balaban J connectivity index is 1.77. The molecule has 3 rings (SSSR count). The molecule has 1 heterocycles. The molecule has 154 valence electrons. The first-order valence-electron chi connectivity index (χ1n) is 9.38. The number of thiocarbonyl (C=S) groups is 1. The summed E-state index contributed by atoms with van der Waals surface area (Å²) in [4.78, 5) is 25.7. The van der Waals surface area contributed by atoms with Gasteiger partial charge in [0, 0.05) is 15.5 Å². The lowest BCUT2D eigenvalue weighted by atomic mass is 9.72. The number of primary amides is 1. The average Bonchev–Trinajstić information content (AvgIpc) is 2.98. The highest BCUT2D eigenvalue weighted by atomic mass is 35.5. The monoisotopic (exact) mass is 449 g/mol. The molecule has 8 heteroatoms. The number of amides is 2. The van der Waals surface area contributed by atoms with Gasteiger partial charge in [-0.15, -0.1) is 11.3 Å². The molecular formula is C21H24ClN3O2S2. The number of rotatable bonds is 3. The molecule has 2 amide bonds. The molecule has 0 spiro atoms. The molecule has 1 aliphatic rings. The smallest absolute Gasteiger partial charge is 0.257 e. The van der Waals surface area contributed by atoms with Crippen LogP contribution >= 0.6 is 35.2 Å². The fourth-order valence-corrected chi connectivity index (χ4v) is 5.31. The van der Waals surface area contributed by atoms with E-state index >= 15 is 0 Å². The topological polar surface area (TPSA) is 84.2 Å². The SMILES string of the molecule is CC(C)(C)[C@@H]1CCc2c(sc(NC(=S)NC(=O)c3ccc(Cl)cc3)c2C(N)=O)C1. The molecule has 1 atom stereocenters. The summed E-state index contributed by atoms with van der Waals surface area (Å²) in [5.41, 5.74) is 7.80. The van der Waals surface area contributed by atoms with Gasteiger partial charge in [0.15, 0.2) is 5.11 Å². The van der Waals surface area contributed by atoms with E-state index in [-0.39, 0.29) is 16.4 Å². The second-order valence-electron chi connectivity index (χ2n) is 8.29. The Morgan fingerprint density at radius 2 is 1.90 bits per heavy atom. The lowest BCUT2D eigenvalue weighted by Crippen LogP contribution is -2.34. The summed E-state index contributed by atoms with van der Waals surface area (Å²) in [6.07, 6.45) is 2.75. The van der Waals surface area contributed by atoms with Crippen molar-refractivity contribution in [1.29, 1.82) is 0 Å². The molecule has 1 aliphatic carbocycles. The molecule has 2 aromatic rings. The van der Waals surface area contributed by atoms with Crippen LogP contribution in [0.2, 0.25) is 5.02 Å². The number of thiophene rings is 1. The summed E-state index contributed by atoms with van der Waals surface area (Å²) in [6.45, 7) is 6.73. The van der Waals surface area contributed by atoms with Crippen LogP contribution in [0.5, 0.6) is 0 Å². The number of carbonyl (C=O) groups excluding carboxylic acids is 2.